The second-order valence-corrected chi connectivity index (χ2v) is 7.36. The van der Waals surface area contributed by atoms with Crippen molar-refractivity contribution in [1.82, 2.24) is 19.4 Å². The fraction of sp³-hybridized carbons (Fsp3) is 0.450. The molecule has 2 aromatic rings. The van der Waals surface area contributed by atoms with Gasteiger partial charge in [-0.1, -0.05) is 6.07 Å². The molecule has 0 saturated carbocycles. The fourth-order valence-electron chi connectivity index (χ4n) is 4.20. The predicted molar refractivity (Wildman–Crippen MR) is 101 cm³/mol. The second kappa shape index (κ2) is 7.52. The lowest BCUT2D eigenvalue weighted by Gasteiger charge is -2.39. The molecule has 7 heteroatoms. The quantitative estimate of drug-likeness (QED) is 0.874. The number of hydrogen-bond acceptors (Lipinski definition) is 4. The van der Waals surface area contributed by atoms with Gasteiger partial charge >= 0.3 is 0 Å². The Morgan fingerprint density at radius 3 is 2.63 bits per heavy atom. The number of aromatic nitrogens is 2. The van der Waals surface area contributed by atoms with Crippen LogP contribution < -0.4 is 5.73 Å². The van der Waals surface area contributed by atoms with Crippen LogP contribution in [0, 0.1) is 5.92 Å². The Kier molecular flexibility index (Phi) is 4.94. The summed E-state index contributed by atoms with van der Waals surface area (Å²) < 4.78 is 2.21. The van der Waals surface area contributed by atoms with Gasteiger partial charge in [-0.15, -0.1) is 0 Å². The van der Waals surface area contributed by atoms with E-state index in [1.807, 2.05) is 29.3 Å². The van der Waals surface area contributed by atoms with Crippen LogP contribution in [0.1, 0.15) is 30.1 Å². The van der Waals surface area contributed by atoms with Crippen LogP contribution in [0.15, 0.2) is 42.9 Å². The molecule has 2 aliphatic heterocycles. The summed E-state index contributed by atoms with van der Waals surface area (Å²) in [6, 6.07) is 7.93. The van der Waals surface area contributed by atoms with Crippen LogP contribution in [0.2, 0.25) is 0 Å². The normalized spacial score (nSPS) is 21.0. The molecule has 4 heterocycles. The summed E-state index contributed by atoms with van der Waals surface area (Å²) in [5.41, 5.74) is 7.55. The minimum Gasteiger partial charge on any atom is -0.369 e. The molecule has 1 unspecified atom stereocenters. The van der Waals surface area contributed by atoms with E-state index >= 15 is 0 Å². The maximum Gasteiger partial charge on any atom is 0.237 e. The molecule has 27 heavy (non-hydrogen) atoms. The summed E-state index contributed by atoms with van der Waals surface area (Å²) in [6.07, 6.45) is 7.12. The molecule has 2 N–H and O–H groups in total. The lowest BCUT2D eigenvalue weighted by molar-refractivity contribution is -0.135. The third kappa shape index (κ3) is 3.60. The number of rotatable bonds is 4. The molecule has 0 aliphatic carbocycles. The smallest absolute Gasteiger partial charge is 0.237 e. The molecule has 2 aliphatic rings. The van der Waals surface area contributed by atoms with Gasteiger partial charge in [0.25, 0.3) is 0 Å². The van der Waals surface area contributed by atoms with Crippen molar-refractivity contribution in [3.05, 3.63) is 54.1 Å². The number of carbonyl (C=O) groups is 2. The number of piperidine rings is 1. The van der Waals surface area contributed by atoms with Gasteiger partial charge in [-0.25, -0.2) is 0 Å². The van der Waals surface area contributed by atoms with Gasteiger partial charge in [0, 0.05) is 43.3 Å². The molecule has 2 aromatic heterocycles. The van der Waals surface area contributed by atoms with Crippen molar-refractivity contribution < 1.29 is 9.59 Å². The average Bonchev–Trinajstić information content (AvgIpc) is 3.17. The molecule has 0 bridgehead atoms. The van der Waals surface area contributed by atoms with Gasteiger partial charge in [-0.3, -0.25) is 19.5 Å². The van der Waals surface area contributed by atoms with Crippen LogP contribution in [0.5, 0.6) is 0 Å². The van der Waals surface area contributed by atoms with Crippen LogP contribution >= 0.6 is 0 Å². The highest BCUT2D eigenvalue weighted by Crippen LogP contribution is 2.32. The SMILES string of the molecule is NC(=O)C1CCN(CC(=O)N2CCn3cccc3C2c2cccnc2)CC1. The summed E-state index contributed by atoms with van der Waals surface area (Å²) in [4.78, 5) is 32.9. The van der Waals surface area contributed by atoms with Crippen LogP contribution in [0.25, 0.3) is 0 Å². The Labute approximate surface area is 158 Å². The molecule has 2 amide bonds. The molecule has 4 rings (SSSR count). The van der Waals surface area contributed by atoms with Crippen molar-refractivity contribution in [2.75, 3.05) is 26.2 Å². The number of primary amides is 1. The van der Waals surface area contributed by atoms with Crippen molar-refractivity contribution >= 4 is 11.8 Å². The lowest BCUT2D eigenvalue weighted by atomic mass is 9.96. The zero-order chi connectivity index (χ0) is 18.8. The van der Waals surface area contributed by atoms with Gasteiger partial charge in [0.2, 0.25) is 11.8 Å². The first-order valence-electron chi connectivity index (χ1n) is 9.49. The van der Waals surface area contributed by atoms with Crippen molar-refractivity contribution in [3.8, 4) is 0 Å². The lowest BCUT2D eigenvalue weighted by Crippen LogP contribution is -2.48. The first-order chi connectivity index (χ1) is 13.1. The molecule has 0 spiro atoms. The summed E-state index contributed by atoms with van der Waals surface area (Å²) in [5, 5.41) is 0. The number of fused-ring (bicyclic) bond motifs is 1. The minimum atomic E-state index is -0.227. The van der Waals surface area contributed by atoms with E-state index in [-0.39, 0.29) is 23.8 Å². The highest BCUT2D eigenvalue weighted by molar-refractivity contribution is 5.80. The molecule has 1 saturated heterocycles. The van der Waals surface area contributed by atoms with E-state index in [0.717, 1.165) is 43.7 Å². The summed E-state index contributed by atoms with van der Waals surface area (Å²) >= 11 is 0. The van der Waals surface area contributed by atoms with Gasteiger partial charge in [0.1, 0.15) is 0 Å². The van der Waals surface area contributed by atoms with Crippen LogP contribution in [0.3, 0.4) is 0 Å². The summed E-state index contributed by atoms with van der Waals surface area (Å²) in [7, 11) is 0. The Morgan fingerprint density at radius 1 is 1.11 bits per heavy atom. The number of nitrogens with zero attached hydrogens (tertiary/aromatic N) is 4. The maximum absolute atomic E-state index is 13.2. The highest BCUT2D eigenvalue weighted by Gasteiger charge is 2.33. The Morgan fingerprint density at radius 2 is 1.93 bits per heavy atom. The van der Waals surface area contributed by atoms with Gasteiger partial charge in [0.15, 0.2) is 0 Å². The molecule has 0 radical (unpaired) electrons. The number of nitrogens with two attached hydrogens (primary N) is 1. The van der Waals surface area contributed by atoms with E-state index in [2.05, 4.69) is 26.7 Å². The largest absolute Gasteiger partial charge is 0.369 e. The van der Waals surface area contributed by atoms with Gasteiger partial charge < -0.3 is 15.2 Å². The van der Waals surface area contributed by atoms with Crippen LogP contribution in [-0.2, 0) is 16.1 Å². The Bertz CT molecular complexity index is 811. The molecule has 1 fully saturated rings. The second-order valence-electron chi connectivity index (χ2n) is 7.36. The first-order valence-corrected chi connectivity index (χ1v) is 9.49. The molecule has 142 valence electrons. The molecular weight excluding hydrogens is 342 g/mol. The molecular formula is C20H25N5O2. The third-order valence-corrected chi connectivity index (χ3v) is 5.71. The number of likely N-dealkylation sites (tertiary alicyclic amines) is 1. The molecule has 7 nitrogen and oxygen atoms in total. The number of hydrogen-bond donors (Lipinski definition) is 1. The predicted octanol–water partition coefficient (Wildman–Crippen LogP) is 1.01. The van der Waals surface area contributed by atoms with E-state index in [1.165, 1.54) is 0 Å². The number of pyridine rings is 1. The zero-order valence-electron chi connectivity index (χ0n) is 15.3. The minimum absolute atomic E-state index is 0.0576. The van der Waals surface area contributed by atoms with Crippen molar-refractivity contribution in [3.63, 3.8) is 0 Å². The number of amides is 2. The van der Waals surface area contributed by atoms with Crippen molar-refractivity contribution in [2.24, 2.45) is 11.7 Å². The molecule has 1 atom stereocenters. The van der Waals surface area contributed by atoms with Gasteiger partial charge in [0.05, 0.1) is 12.6 Å². The van der Waals surface area contributed by atoms with E-state index < -0.39 is 0 Å². The van der Waals surface area contributed by atoms with Crippen LogP contribution in [0.4, 0.5) is 0 Å². The van der Waals surface area contributed by atoms with Crippen molar-refractivity contribution in [2.45, 2.75) is 25.4 Å². The summed E-state index contributed by atoms with van der Waals surface area (Å²) in [6.45, 7) is 3.33. The van der Waals surface area contributed by atoms with Gasteiger partial charge in [-0.2, -0.15) is 0 Å². The molecule has 0 aromatic carbocycles. The topological polar surface area (TPSA) is 84.5 Å². The van der Waals surface area contributed by atoms with E-state index in [9.17, 15) is 9.59 Å². The standard InChI is InChI=1S/C20H25N5O2/c21-20(27)15-5-9-23(10-6-15)14-18(26)25-12-11-24-8-2-4-17(24)19(25)16-3-1-7-22-13-16/h1-4,7-8,13,15,19H,5-6,9-12,14H2,(H2,21,27). The fourth-order valence-corrected chi connectivity index (χ4v) is 4.20. The highest BCUT2D eigenvalue weighted by atomic mass is 16.2. The Hall–Kier alpha value is -2.67. The average molecular weight is 367 g/mol. The maximum atomic E-state index is 13.2. The van der Waals surface area contributed by atoms with E-state index in [1.54, 1.807) is 6.20 Å². The zero-order valence-corrected chi connectivity index (χ0v) is 15.3. The first kappa shape index (κ1) is 17.7. The number of carbonyl (C=O) groups excluding carboxylic acids is 2. The monoisotopic (exact) mass is 367 g/mol. The summed E-state index contributed by atoms with van der Waals surface area (Å²) in [5.74, 6) is -0.166. The van der Waals surface area contributed by atoms with E-state index in [4.69, 9.17) is 5.73 Å². The Balaban J connectivity index is 1.50. The van der Waals surface area contributed by atoms with Crippen molar-refractivity contribution in [1.29, 1.82) is 0 Å². The third-order valence-electron chi connectivity index (χ3n) is 5.71. The van der Waals surface area contributed by atoms with E-state index in [0.29, 0.717) is 13.1 Å². The van der Waals surface area contributed by atoms with Crippen LogP contribution in [-0.4, -0.2) is 57.3 Å². The van der Waals surface area contributed by atoms with Gasteiger partial charge in [-0.05, 0) is 49.7 Å².